The molecule has 0 bridgehead atoms. The summed E-state index contributed by atoms with van der Waals surface area (Å²) in [7, 11) is 1.53. The normalized spacial score (nSPS) is 9.91. The van der Waals surface area contributed by atoms with Gasteiger partial charge in [0.05, 0.1) is 18.7 Å². The average Bonchev–Trinajstić information content (AvgIpc) is 2.52. The molecule has 1 rings (SSSR count). The van der Waals surface area contributed by atoms with Crippen molar-refractivity contribution in [2.75, 3.05) is 33.4 Å². The summed E-state index contributed by atoms with van der Waals surface area (Å²) in [4.78, 5) is 12.1. The van der Waals surface area contributed by atoms with Gasteiger partial charge in [-0.1, -0.05) is 31.9 Å². The fourth-order valence-electron chi connectivity index (χ4n) is 1.85. The predicted octanol–water partition coefficient (Wildman–Crippen LogP) is 3.29. The van der Waals surface area contributed by atoms with E-state index in [1.807, 2.05) is 6.92 Å². The molecule has 1 aromatic carbocycles. The van der Waals surface area contributed by atoms with Gasteiger partial charge in [0.15, 0.2) is 11.5 Å². The molecule has 0 saturated carbocycles. The average molecular weight is 365 g/mol. The molecule has 132 valence electrons. The topological polar surface area (TPSA) is 59.6 Å². The lowest BCUT2D eigenvalue weighted by molar-refractivity contribution is 0.0953. The summed E-state index contributed by atoms with van der Waals surface area (Å²) in [6.45, 7) is 6.83. The molecule has 0 aromatic heterocycles. The molecule has 0 unspecified atom stereocenters. The minimum absolute atomic E-state index is 0. The molecular formula is C16H26Cl2N2O3. The van der Waals surface area contributed by atoms with Gasteiger partial charge in [0, 0.05) is 18.7 Å². The first-order valence-corrected chi connectivity index (χ1v) is 8.01. The predicted molar refractivity (Wildman–Crippen MR) is 96.5 cm³/mol. The standard InChI is InChI=1S/C16H25ClN2O3.ClH/c1-4-6-9-22-15-13(17)10-12(11-14(15)21-3)16(20)19-8-7-18-5-2;/h10-11,18H,4-9H2,1-3H3,(H,19,20);1H. The Morgan fingerprint density at radius 1 is 1.26 bits per heavy atom. The zero-order valence-corrected chi connectivity index (χ0v) is 15.5. The number of rotatable bonds is 10. The van der Waals surface area contributed by atoms with Crippen LogP contribution in [0.25, 0.3) is 0 Å². The minimum atomic E-state index is -0.182. The number of hydrogen-bond acceptors (Lipinski definition) is 4. The Balaban J connectivity index is 0.00000484. The fraction of sp³-hybridized carbons (Fsp3) is 0.562. The number of nitrogens with one attached hydrogen (secondary N) is 2. The summed E-state index contributed by atoms with van der Waals surface area (Å²) in [6.07, 6.45) is 1.97. The van der Waals surface area contributed by atoms with Crippen LogP contribution in [0.2, 0.25) is 5.02 Å². The molecule has 1 amide bonds. The summed E-state index contributed by atoms with van der Waals surface area (Å²) >= 11 is 6.22. The molecule has 0 atom stereocenters. The molecule has 7 heteroatoms. The van der Waals surface area contributed by atoms with Crippen LogP contribution in [0.15, 0.2) is 12.1 Å². The van der Waals surface area contributed by atoms with Gasteiger partial charge in [-0.2, -0.15) is 0 Å². The Bertz CT molecular complexity index is 485. The zero-order chi connectivity index (χ0) is 16.4. The van der Waals surface area contributed by atoms with Crippen molar-refractivity contribution in [3.05, 3.63) is 22.7 Å². The number of benzene rings is 1. The summed E-state index contributed by atoms with van der Waals surface area (Å²) in [6, 6.07) is 3.25. The molecule has 0 aliphatic rings. The smallest absolute Gasteiger partial charge is 0.251 e. The van der Waals surface area contributed by atoms with E-state index in [1.165, 1.54) is 7.11 Å². The lowest BCUT2D eigenvalue weighted by Crippen LogP contribution is -2.31. The molecule has 23 heavy (non-hydrogen) atoms. The second-order valence-electron chi connectivity index (χ2n) is 4.80. The number of hydrogen-bond donors (Lipinski definition) is 2. The van der Waals surface area contributed by atoms with E-state index in [2.05, 4.69) is 17.6 Å². The quantitative estimate of drug-likeness (QED) is 0.625. The van der Waals surface area contributed by atoms with Crippen molar-refractivity contribution in [3.63, 3.8) is 0 Å². The zero-order valence-electron chi connectivity index (χ0n) is 13.9. The maximum atomic E-state index is 12.1. The van der Waals surface area contributed by atoms with Crippen molar-refractivity contribution in [1.82, 2.24) is 10.6 Å². The van der Waals surface area contributed by atoms with Gasteiger partial charge in [0.2, 0.25) is 0 Å². The molecule has 5 nitrogen and oxygen atoms in total. The number of halogens is 2. The van der Waals surface area contributed by atoms with Crippen LogP contribution in [0.5, 0.6) is 11.5 Å². The van der Waals surface area contributed by atoms with Gasteiger partial charge >= 0.3 is 0 Å². The number of unbranched alkanes of at least 4 members (excludes halogenated alkanes) is 1. The van der Waals surface area contributed by atoms with Crippen molar-refractivity contribution in [3.8, 4) is 11.5 Å². The number of carbonyl (C=O) groups is 1. The van der Waals surface area contributed by atoms with Crippen LogP contribution in [-0.2, 0) is 0 Å². The minimum Gasteiger partial charge on any atom is -0.493 e. The second-order valence-corrected chi connectivity index (χ2v) is 5.21. The Morgan fingerprint density at radius 3 is 2.61 bits per heavy atom. The van der Waals surface area contributed by atoms with Crippen molar-refractivity contribution in [1.29, 1.82) is 0 Å². The van der Waals surface area contributed by atoms with Crippen LogP contribution < -0.4 is 20.1 Å². The maximum absolute atomic E-state index is 12.1. The SMILES string of the molecule is CCCCOc1c(Cl)cc(C(=O)NCCNCC)cc1OC.Cl. The number of likely N-dealkylation sites (N-methyl/N-ethyl adjacent to an activating group) is 1. The Hall–Kier alpha value is -1.17. The number of methoxy groups -OCH3 is 1. The van der Waals surface area contributed by atoms with Crippen molar-refractivity contribution in [2.45, 2.75) is 26.7 Å². The first kappa shape index (κ1) is 21.8. The monoisotopic (exact) mass is 364 g/mol. The molecule has 0 fully saturated rings. The Labute approximate surface area is 149 Å². The Kier molecular flexibility index (Phi) is 11.7. The van der Waals surface area contributed by atoms with Crippen LogP contribution in [0.3, 0.4) is 0 Å². The van der Waals surface area contributed by atoms with E-state index in [-0.39, 0.29) is 18.3 Å². The third-order valence-corrected chi connectivity index (χ3v) is 3.35. The molecule has 0 heterocycles. The van der Waals surface area contributed by atoms with Crippen molar-refractivity contribution in [2.24, 2.45) is 0 Å². The lowest BCUT2D eigenvalue weighted by atomic mass is 10.2. The van der Waals surface area contributed by atoms with Gasteiger partial charge in [-0.25, -0.2) is 0 Å². The molecule has 0 saturated heterocycles. The van der Waals surface area contributed by atoms with E-state index in [0.717, 1.165) is 25.9 Å². The molecule has 1 aromatic rings. The molecule has 0 aliphatic heterocycles. The van der Waals surface area contributed by atoms with Gasteiger partial charge in [0.1, 0.15) is 0 Å². The van der Waals surface area contributed by atoms with Crippen LogP contribution in [0.1, 0.15) is 37.0 Å². The van der Waals surface area contributed by atoms with Gasteiger partial charge in [0.25, 0.3) is 5.91 Å². The molecule has 0 spiro atoms. The van der Waals surface area contributed by atoms with E-state index in [1.54, 1.807) is 12.1 Å². The fourth-order valence-corrected chi connectivity index (χ4v) is 2.12. The van der Waals surface area contributed by atoms with E-state index < -0.39 is 0 Å². The number of ether oxygens (including phenoxy) is 2. The largest absolute Gasteiger partial charge is 0.493 e. The highest BCUT2D eigenvalue weighted by atomic mass is 35.5. The van der Waals surface area contributed by atoms with Gasteiger partial charge in [-0.15, -0.1) is 12.4 Å². The summed E-state index contributed by atoms with van der Waals surface area (Å²) in [5.41, 5.74) is 0.459. The molecular weight excluding hydrogens is 339 g/mol. The van der Waals surface area contributed by atoms with E-state index in [4.69, 9.17) is 21.1 Å². The molecule has 0 aliphatic carbocycles. The van der Waals surface area contributed by atoms with E-state index in [9.17, 15) is 4.79 Å². The first-order valence-electron chi connectivity index (χ1n) is 7.63. The van der Waals surface area contributed by atoms with Gasteiger partial charge in [-0.3, -0.25) is 4.79 Å². The van der Waals surface area contributed by atoms with E-state index >= 15 is 0 Å². The summed E-state index contributed by atoms with van der Waals surface area (Å²) < 4.78 is 10.9. The van der Waals surface area contributed by atoms with Crippen molar-refractivity contribution >= 4 is 29.9 Å². The Morgan fingerprint density at radius 2 is 2.00 bits per heavy atom. The molecule has 0 radical (unpaired) electrons. The van der Waals surface area contributed by atoms with Crippen LogP contribution >= 0.6 is 24.0 Å². The lowest BCUT2D eigenvalue weighted by Gasteiger charge is -2.14. The maximum Gasteiger partial charge on any atom is 0.251 e. The van der Waals surface area contributed by atoms with Gasteiger partial charge < -0.3 is 20.1 Å². The highest BCUT2D eigenvalue weighted by molar-refractivity contribution is 6.32. The second kappa shape index (κ2) is 12.3. The first-order chi connectivity index (χ1) is 10.6. The highest BCUT2D eigenvalue weighted by Gasteiger charge is 2.15. The highest BCUT2D eigenvalue weighted by Crippen LogP contribution is 2.36. The summed E-state index contributed by atoms with van der Waals surface area (Å²) in [5, 5.41) is 6.35. The van der Waals surface area contributed by atoms with Gasteiger partial charge in [-0.05, 0) is 25.1 Å². The molecule has 2 N–H and O–H groups in total. The van der Waals surface area contributed by atoms with Crippen LogP contribution in [0, 0.1) is 0 Å². The van der Waals surface area contributed by atoms with Crippen LogP contribution in [-0.4, -0.2) is 39.3 Å². The third kappa shape index (κ3) is 7.29. The number of carbonyl (C=O) groups excluding carboxylic acids is 1. The third-order valence-electron chi connectivity index (χ3n) is 3.07. The van der Waals surface area contributed by atoms with E-state index in [0.29, 0.717) is 35.2 Å². The van der Waals surface area contributed by atoms with Crippen molar-refractivity contribution < 1.29 is 14.3 Å². The van der Waals surface area contributed by atoms with Crippen LogP contribution in [0.4, 0.5) is 0 Å². The summed E-state index contributed by atoms with van der Waals surface area (Å²) in [5.74, 6) is 0.778. The number of amides is 1.